The molecule has 0 bridgehead atoms. The molecule has 0 amide bonds. The third-order valence-corrected chi connectivity index (χ3v) is 4.10. The number of rotatable bonds is 17. The average molecular weight is 377 g/mol. The fourth-order valence-corrected chi connectivity index (χ4v) is 2.54. The van der Waals surface area contributed by atoms with Gasteiger partial charge in [0.1, 0.15) is 0 Å². The molecular weight excluding hydrogens is 336 g/mol. The third kappa shape index (κ3) is 30.7. The minimum absolute atomic E-state index is 0.295. The van der Waals surface area contributed by atoms with Gasteiger partial charge in [-0.05, 0) is 25.7 Å². The maximum absolute atomic E-state index is 10.3. The molecule has 0 radical (unpaired) electrons. The van der Waals surface area contributed by atoms with Crippen LogP contribution in [0.1, 0.15) is 110 Å². The van der Waals surface area contributed by atoms with Crippen LogP contribution in [0.3, 0.4) is 0 Å². The van der Waals surface area contributed by atoms with Gasteiger partial charge in [0.15, 0.2) is 6.29 Å². The third-order valence-electron chi connectivity index (χ3n) is 4.10. The Balaban J connectivity index is 0. The van der Waals surface area contributed by atoms with E-state index in [4.69, 9.17) is 20.4 Å². The van der Waals surface area contributed by atoms with Crippen LogP contribution < -0.4 is 0 Å². The van der Waals surface area contributed by atoms with Gasteiger partial charge < -0.3 is 20.4 Å². The Morgan fingerprint density at radius 1 is 0.615 bits per heavy atom. The molecule has 0 aromatic carbocycles. The summed E-state index contributed by atoms with van der Waals surface area (Å²) in [6.45, 7) is 2.09. The number of carboxylic acids is 2. The van der Waals surface area contributed by atoms with Crippen molar-refractivity contribution in [1.82, 2.24) is 0 Å². The molecule has 156 valence electrons. The Kier molecular flexibility index (Phi) is 22.8. The largest absolute Gasteiger partial charge is 0.481 e. The fraction of sp³-hybridized carbons (Fsp3) is 0.900. The average Bonchev–Trinajstić information content (AvgIpc) is 2.56. The van der Waals surface area contributed by atoms with Crippen molar-refractivity contribution < 1.29 is 30.0 Å². The van der Waals surface area contributed by atoms with Crippen molar-refractivity contribution in [1.29, 1.82) is 0 Å². The Morgan fingerprint density at radius 2 is 0.962 bits per heavy atom. The molecule has 4 N–H and O–H groups in total. The molecule has 0 saturated carbocycles. The van der Waals surface area contributed by atoms with Gasteiger partial charge in [-0.2, -0.15) is 0 Å². The Hall–Kier alpha value is -1.14. The predicted molar refractivity (Wildman–Crippen MR) is 103 cm³/mol. The molecule has 0 aromatic heterocycles. The molecule has 0 heterocycles. The summed E-state index contributed by atoms with van der Waals surface area (Å²) >= 11 is 0. The van der Waals surface area contributed by atoms with Gasteiger partial charge in [0.25, 0.3) is 0 Å². The lowest BCUT2D eigenvalue weighted by molar-refractivity contribution is -0.138. The van der Waals surface area contributed by atoms with Crippen molar-refractivity contribution in [3.63, 3.8) is 0 Å². The fourth-order valence-electron chi connectivity index (χ4n) is 2.54. The summed E-state index contributed by atoms with van der Waals surface area (Å²) in [6.07, 6.45) is 13.9. The summed E-state index contributed by atoms with van der Waals surface area (Å²) < 4.78 is 0. The van der Waals surface area contributed by atoms with E-state index < -0.39 is 18.2 Å². The van der Waals surface area contributed by atoms with E-state index in [9.17, 15) is 9.59 Å². The maximum Gasteiger partial charge on any atom is 0.303 e. The summed E-state index contributed by atoms with van der Waals surface area (Å²) in [5, 5.41) is 33.6. The first-order chi connectivity index (χ1) is 12.4. The Labute approximate surface area is 158 Å². The lowest BCUT2D eigenvalue weighted by Crippen LogP contribution is -2.02. The van der Waals surface area contributed by atoms with Crippen LogP contribution >= 0.6 is 0 Å². The Morgan fingerprint density at radius 3 is 1.23 bits per heavy atom. The minimum atomic E-state index is -1.10. The highest BCUT2D eigenvalue weighted by Crippen LogP contribution is 2.11. The second kappa shape index (κ2) is 21.9. The maximum atomic E-state index is 10.3. The van der Waals surface area contributed by atoms with Crippen molar-refractivity contribution in [2.24, 2.45) is 0 Å². The second-order valence-electron chi connectivity index (χ2n) is 6.80. The number of aliphatic carboxylic acids is 2. The van der Waals surface area contributed by atoms with Crippen LogP contribution in [-0.2, 0) is 9.59 Å². The SMILES string of the molecule is CCCCCC(O)O.O=C(O)CCCCCCCCCCCCC(=O)O. The minimum Gasteiger partial charge on any atom is -0.481 e. The van der Waals surface area contributed by atoms with Crippen LogP contribution in [0.5, 0.6) is 0 Å². The molecule has 0 saturated heterocycles. The molecule has 6 heteroatoms. The quantitative estimate of drug-likeness (QED) is 0.216. The van der Waals surface area contributed by atoms with Crippen molar-refractivity contribution in [3.05, 3.63) is 0 Å². The van der Waals surface area contributed by atoms with E-state index in [1.54, 1.807) is 0 Å². The number of carbonyl (C=O) groups is 2. The molecule has 0 aliphatic carbocycles. The molecule has 0 aliphatic rings. The van der Waals surface area contributed by atoms with Crippen molar-refractivity contribution in [2.45, 2.75) is 116 Å². The van der Waals surface area contributed by atoms with Crippen LogP contribution in [0.15, 0.2) is 0 Å². The van der Waals surface area contributed by atoms with Crippen LogP contribution in [0, 0.1) is 0 Å². The van der Waals surface area contributed by atoms with Crippen molar-refractivity contribution in [3.8, 4) is 0 Å². The van der Waals surface area contributed by atoms with Gasteiger partial charge in [-0.1, -0.05) is 71.1 Å². The topological polar surface area (TPSA) is 115 Å². The van der Waals surface area contributed by atoms with E-state index in [0.717, 1.165) is 57.8 Å². The standard InChI is InChI=1S/C14H26O4.C6H14O2/c15-13(16)11-9-7-5-3-1-2-4-6-8-10-12-14(17)18;1-2-3-4-5-6(7)8/h1-12H2,(H,15,16)(H,17,18);6-8H,2-5H2,1H3. The second-order valence-corrected chi connectivity index (χ2v) is 6.80. The highest BCUT2D eigenvalue weighted by atomic mass is 16.5. The van der Waals surface area contributed by atoms with Gasteiger partial charge in [0.2, 0.25) is 0 Å². The number of aliphatic hydroxyl groups is 2. The molecule has 0 rings (SSSR count). The molecule has 0 aromatic rings. The summed E-state index contributed by atoms with van der Waals surface area (Å²) in [5.74, 6) is -1.40. The van der Waals surface area contributed by atoms with Gasteiger partial charge in [0, 0.05) is 12.8 Å². The first-order valence-electron chi connectivity index (χ1n) is 10.2. The lowest BCUT2D eigenvalue weighted by Gasteiger charge is -2.01. The van der Waals surface area contributed by atoms with Gasteiger partial charge in [0.05, 0.1) is 0 Å². The Bertz CT molecular complexity index is 293. The summed E-state index contributed by atoms with van der Waals surface area (Å²) in [6, 6.07) is 0. The van der Waals surface area contributed by atoms with Gasteiger partial charge in [-0.3, -0.25) is 9.59 Å². The van der Waals surface area contributed by atoms with E-state index in [1.165, 1.54) is 25.7 Å². The number of hydrogen-bond acceptors (Lipinski definition) is 4. The zero-order chi connectivity index (χ0) is 20.0. The van der Waals surface area contributed by atoms with Crippen LogP contribution in [0.2, 0.25) is 0 Å². The summed E-state index contributed by atoms with van der Waals surface area (Å²) in [7, 11) is 0. The first kappa shape index (κ1) is 27.1. The first-order valence-corrected chi connectivity index (χ1v) is 10.2. The molecule has 0 spiro atoms. The van der Waals surface area contributed by atoms with Crippen LogP contribution in [0.25, 0.3) is 0 Å². The number of aliphatic hydroxyl groups excluding tert-OH is 1. The number of unbranched alkanes of at least 4 members (excludes halogenated alkanes) is 11. The van der Waals surface area contributed by atoms with Gasteiger partial charge in [-0.15, -0.1) is 0 Å². The normalized spacial score (nSPS) is 10.5. The zero-order valence-corrected chi connectivity index (χ0v) is 16.5. The predicted octanol–water partition coefficient (Wildman–Crippen LogP) is 4.71. The highest BCUT2D eigenvalue weighted by Gasteiger charge is 1.98. The van der Waals surface area contributed by atoms with Crippen molar-refractivity contribution >= 4 is 11.9 Å². The van der Waals surface area contributed by atoms with E-state index >= 15 is 0 Å². The number of carboxylic acid groups (broad SMARTS) is 2. The molecule has 0 fully saturated rings. The molecule has 26 heavy (non-hydrogen) atoms. The van der Waals surface area contributed by atoms with E-state index in [1.807, 2.05) is 0 Å². The molecule has 0 unspecified atom stereocenters. The molecule has 6 nitrogen and oxygen atoms in total. The molecule has 0 atom stereocenters. The molecule has 0 aliphatic heterocycles. The van der Waals surface area contributed by atoms with Crippen LogP contribution in [-0.4, -0.2) is 38.7 Å². The smallest absolute Gasteiger partial charge is 0.303 e. The summed E-state index contributed by atoms with van der Waals surface area (Å²) in [5.41, 5.74) is 0. The monoisotopic (exact) mass is 376 g/mol. The lowest BCUT2D eigenvalue weighted by atomic mass is 10.1. The van der Waals surface area contributed by atoms with E-state index in [-0.39, 0.29) is 0 Å². The van der Waals surface area contributed by atoms with Crippen molar-refractivity contribution in [2.75, 3.05) is 0 Å². The molecular formula is C20H40O6. The van der Waals surface area contributed by atoms with Gasteiger partial charge >= 0.3 is 11.9 Å². The van der Waals surface area contributed by atoms with E-state index in [2.05, 4.69) is 6.92 Å². The zero-order valence-electron chi connectivity index (χ0n) is 16.5. The van der Waals surface area contributed by atoms with Crippen LogP contribution in [0.4, 0.5) is 0 Å². The van der Waals surface area contributed by atoms with E-state index in [0.29, 0.717) is 19.3 Å². The van der Waals surface area contributed by atoms with Gasteiger partial charge in [-0.25, -0.2) is 0 Å². The number of hydrogen-bond donors (Lipinski definition) is 4. The summed E-state index contributed by atoms with van der Waals surface area (Å²) in [4.78, 5) is 20.5. The highest BCUT2D eigenvalue weighted by molar-refractivity contribution is 5.66.